The lowest BCUT2D eigenvalue weighted by atomic mass is 9.90. The Hall–Kier alpha value is -0.680. The van der Waals surface area contributed by atoms with E-state index in [0.717, 1.165) is 36.0 Å². The summed E-state index contributed by atoms with van der Waals surface area (Å²) in [6.07, 6.45) is 3.19. The van der Waals surface area contributed by atoms with Crippen LogP contribution in [0.4, 0.5) is 5.82 Å². The van der Waals surface area contributed by atoms with E-state index >= 15 is 0 Å². The maximum Gasteiger partial charge on any atom is 0.162 e. The van der Waals surface area contributed by atoms with Gasteiger partial charge in [0.1, 0.15) is 11.4 Å². The number of nitrogen functional groups attached to an aromatic ring is 1. The van der Waals surface area contributed by atoms with Gasteiger partial charge in [0.25, 0.3) is 0 Å². The van der Waals surface area contributed by atoms with Crippen molar-refractivity contribution in [3.8, 4) is 0 Å². The largest absolute Gasteiger partial charge is 0.383 e. The molecule has 1 aromatic heterocycles. The molecule has 4 nitrogen and oxygen atoms in total. The summed E-state index contributed by atoms with van der Waals surface area (Å²) < 4.78 is 6.71. The Labute approximate surface area is 123 Å². The molecule has 1 aliphatic heterocycles. The number of halogens is 1. The van der Waals surface area contributed by atoms with Crippen LogP contribution < -0.4 is 5.73 Å². The van der Waals surface area contributed by atoms with Crippen molar-refractivity contribution in [2.45, 2.75) is 58.0 Å². The number of nitrogens with zero attached hydrogens (tertiary/aromatic N) is 2. The molecule has 19 heavy (non-hydrogen) atoms. The molecule has 0 radical (unpaired) electrons. The van der Waals surface area contributed by atoms with Crippen molar-refractivity contribution in [1.29, 1.82) is 0 Å². The number of hydrogen-bond donors (Lipinski definition) is 1. The lowest BCUT2D eigenvalue weighted by molar-refractivity contribution is -0.0761. The lowest BCUT2D eigenvalue weighted by Gasteiger charge is -2.33. The van der Waals surface area contributed by atoms with Crippen LogP contribution in [0.5, 0.6) is 0 Å². The van der Waals surface area contributed by atoms with Gasteiger partial charge in [-0.3, -0.25) is 0 Å². The summed E-state index contributed by atoms with van der Waals surface area (Å²) in [6.45, 7) is 9.18. The summed E-state index contributed by atoms with van der Waals surface area (Å²) in [7, 11) is 0. The van der Waals surface area contributed by atoms with E-state index in [1.807, 2.05) is 0 Å². The minimum absolute atomic E-state index is 0.0876. The van der Waals surface area contributed by atoms with Gasteiger partial charge in [0, 0.05) is 12.0 Å². The first-order valence-electron chi connectivity index (χ1n) is 6.72. The highest BCUT2D eigenvalue weighted by molar-refractivity contribution is 9.10. The minimum Gasteiger partial charge on any atom is -0.383 e. The van der Waals surface area contributed by atoms with Crippen molar-refractivity contribution in [1.82, 2.24) is 9.97 Å². The molecule has 1 atom stereocenters. The quantitative estimate of drug-likeness (QED) is 0.857. The second kappa shape index (κ2) is 5.02. The van der Waals surface area contributed by atoms with Crippen molar-refractivity contribution in [2.75, 3.05) is 12.3 Å². The average molecular weight is 328 g/mol. The number of hydrogen-bond acceptors (Lipinski definition) is 4. The van der Waals surface area contributed by atoms with Crippen LogP contribution in [0.25, 0.3) is 0 Å². The fourth-order valence-electron chi connectivity index (χ4n) is 2.31. The number of rotatable bonds is 1. The minimum atomic E-state index is -0.410. The maximum absolute atomic E-state index is 6.03. The summed E-state index contributed by atoms with van der Waals surface area (Å²) in [5.41, 5.74) is 6.47. The van der Waals surface area contributed by atoms with Crippen LogP contribution >= 0.6 is 15.9 Å². The molecule has 106 valence electrons. The first-order chi connectivity index (χ1) is 8.74. The van der Waals surface area contributed by atoms with Crippen LogP contribution in [0.2, 0.25) is 0 Å². The predicted molar refractivity (Wildman–Crippen MR) is 80.0 cm³/mol. The molecule has 2 rings (SSSR count). The molecule has 0 saturated carbocycles. The van der Waals surface area contributed by atoms with Crippen LogP contribution in [-0.4, -0.2) is 16.6 Å². The topological polar surface area (TPSA) is 61.0 Å². The van der Waals surface area contributed by atoms with Gasteiger partial charge < -0.3 is 10.5 Å². The van der Waals surface area contributed by atoms with Gasteiger partial charge in [0.05, 0.1) is 10.2 Å². The molecular formula is C14H22BrN3O. The van der Waals surface area contributed by atoms with E-state index in [0.29, 0.717) is 11.6 Å². The molecule has 0 spiro atoms. The number of ether oxygens (including phenoxy) is 1. The van der Waals surface area contributed by atoms with E-state index in [1.165, 1.54) is 0 Å². The van der Waals surface area contributed by atoms with Crippen molar-refractivity contribution < 1.29 is 4.74 Å². The zero-order valence-electron chi connectivity index (χ0n) is 12.1. The van der Waals surface area contributed by atoms with E-state index in [1.54, 1.807) is 0 Å². The van der Waals surface area contributed by atoms with E-state index in [2.05, 4.69) is 48.6 Å². The fraction of sp³-hybridized carbons (Fsp3) is 0.714. The first kappa shape index (κ1) is 14.7. The summed E-state index contributed by atoms with van der Waals surface area (Å²) in [6, 6.07) is 0. The van der Waals surface area contributed by atoms with Gasteiger partial charge in [0.15, 0.2) is 5.82 Å². The standard InChI is InChI=1S/C14H22BrN3O/c1-13(2,3)10-9(15)11(16)18-12(17-10)14(4)7-5-6-8-19-14/h5-8H2,1-4H3,(H2,16,17,18). The maximum atomic E-state index is 6.03. The van der Waals surface area contributed by atoms with E-state index in [4.69, 9.17) is 15.5 Å². The van der Waals surface area contributed by atoms with Gasteiger partial charge in [-0.2, -0.15) is 0 Å². The highest BCUT2D eigenvalue weighted by Crippen LogP contribution is 2.37. The third-order valence-electron chi connectivity index (χ3n) is 3.53. The molecule has 0 aliphatic carbocycles. The van der Waals surface area contributed by atoms with Crippen molar-refractivity contribution in [3.63, 3.8) is 0 Å². The monoisotopic (exact) mass is 327 g/mol. The third-order valence-corrected chi connectivity index (χ3v) is 4.31. The summed E-state index contributed by atoms with van der Waals surface area (Å²) in [5, 5.41) is 0. The first-order valence-corrected chi connectivity index (χ1v) is 7.51. The smallest absolute Gasteiger partial charge is 0.162 e. The molecule has 1 saturated heterocycles. The SMILES string of the molecule is CC(C)(C)c1nc(C2(C)CCCCO2)nc(N)c1Br. The van der Waals surface area contributed by atoms with Crippen LogP contribution in [0.3, 0.4) is 0 Å². The Balaban J connectivity index is 2.50. The Morgan fingerprint density at radius 2 is 1.95 bits per heavy atom. The molecule has 2 N–H and O–H groups in total. The van der Waals surface area contributed by atoms with Crippen LogP contribution in [-0.2, 0) is 15.8 Å². The molecule has 1 aromatic rings. The fourth-order valence-corrected chi connectivity index (χ4v) is 3.08. The molecular weight excluding hydrogens is 306 g/mol. The third kappa shape index (κ3) is 2.92. The highest BCUT2D eigenvalue weighted by atomic mass is 79.9. The number of anilines is 1. The van der Waals surface area contributed by atoms with Gasteiger partial charge in [-0.1, -0.05) is 20.8 Å². The molecule has 5 heteroatoms. The Bertz CT molecular complexity index is 476. The molecule has 1 unspecified atom stereocenters. The van der Waals surface area contributed by atoms with Gasteiger partial charge in [0.2, 0.25) is 0 Å². The Morgan fingerprint density at radius 3 is 2.47 bits per heavy atom. The summed E-state index contributed by atoms with van der Waals surface area (Å²) in [5.74, 6) is 1.20. The van der Waals surface area contributed by atoms with E-state index in [9.17, 15) is 0 Å². The normalized spacial score (nSPS) is 24.5. The second-order valence-corrected chi connectivity index (χ2v) is 7.17. The average Bonchev–Trinajstić information content (AvgIpc) is 2.31. The molecule has 1 fully saturated rings. The van der Waals surface area contributed by atoms with Gasteiger partial charge in [-0.25, -0.2) is 9.97 Å². The van der Waals surface area contributed by atoms with E-state index < -0.39 is 5.60 Å². The van der Waals surface area contributed by atoms with E-state index in [-0.39, 0.29) is 5.41 Å². The molecule has 0 amide bonds. The summed E-state index contributed by atoms with van der Waals surface area (Å²) in [4.78, 5) is 9.17. The van der Waals surface area contributed by atoms with Crippen molar-refractivity contribution in [2.24, 2.45) is 0 Å². The molecule has 0 bridgehead atoms. The van der Waals surface area contributed by atoms with Crippen LogP contribution in [0, 0.1) is 0 Å². The molecule has 0 aromatic carbocycles. The number of nitrogens with two attached hydrogens (primary N) is 1. The zero-order valence-corrected chi connectivity index (χ0v) is 13.7. The second-order valence-electron chi connectivity index (χ2n) is 6.38. The van der Waals surface area contributed by atoms with Crippen molar-refractivity contribution in [3.05, 3.63) is 16.0 Å². The van der Waals surface area contributed by atoms with Gasteiger partial charge in [-0.05, 0) is 42.1 Å². The Morgan fingerprint density at radius 1 is 1.26 bits per heavy atom. The highest BCUT2D eigenvalue weighted by Gasteiger charge is 2.35. The predicted octanol–water partition coefficient (Wildman–Crippen LogP) is 3.53. The van der Waals surface area contributed by atoms with Gasteiger partial charge in [-0.15, -0.1) is 0 Å². The van der Waals surface area contributed by atoms with Crippen LogP contribution in [0.1, 0.15) is 58.5 Å². The lowest BCUT2D eigenvalue weighted by Crippen LogP contribution is -2.34. The van der Waals surface area contributed by atoms with Crippen LogP contribution in [0.15, 0.2) is 4.47 Å². The number of aromatic nitrogens is 2. The molecule has 1 aliphatic rings. The van der Waals surface area contributed by atoms with Gasteiger partial charge >= 0.3 is 0 Å². The summed E-state index contributed by atoms with van der Waals surface area (Å²) >= 11 is 3.50. The Kier molecular flexibility index (Phi) is 3.89. The zero-order chi connectivity index (χ0) is 14.3. The molecule has 2 heterocycles. The van der Waals surface area contributed by atoms with Crippen molar-refractivity contribution >= 4 is 21.7 Å².